The molecule has 0 aliphatic heterocycles. The summed E-state index contributed by atoms with van der Waals surface area (Å²) in [7, 11) is 1.83. The largest absolute Gasteiger partial charge is 0.353 e. The van der Waals surface area contributed by atoms with E-state index in [1.807, 2.05) is 57.0 Å². The van der Waals surface area contributed by atoms with Crippen LogP contribution in [0.4, 0.5) is 0 Å². The van der Waals surface area contributed by atoms with Crippen molar-refractivity contribution >= 4 is 23.2 Å². The molecule has 0 aliphatic rings. The van der Waals surface area contributed by atoms with Gasteiger partial charge in [-0.15, -0.1) is 10.2 Å². The topological polar surface area (TPSA) is 87.2 Å². The van der Waals surface area contributed by atoms with E-state index in [4.69, 9.17) is 0 Å². The first-order chi connectivity index (χ1) is 12.3. The molecule has 140 valence electrons. The molecule has 1 aromatic carbocycles. The molecule has 0 radical (unpaired) electrons. The van der Waals surface area contributed by atoms with E-state index < -0.39 is 0 Å². The standard InChI is InChI=1S/C18H25N5O2S/c1-12(2)20-15(24)10-23(4)11-16-21-22-18(26-16)17(25)19-9-14-7-5-13(3)6-8-14/h5-8,12H,9-11H2,1-4H3,(H,19,25)(H,20,24). The number of carbonyl (C=O) groups is 2. The molecule has 7 nitrogen and oxygen atoms in total. The van der Waals surface area contributed by atoms with Gasteiger partial charge in [0.05, 0.1) is 13.1 Å². The van der Waals surface area contributed by atoms with Crippen LogP contribution in [0.3, 0.4) is 0 Å². The summed E-state index contributed by atoms with van der Waals surface area (Å²) in [5.41, 5.74) is 2.21. The molecule has 0 saturated carbocycles. The molecule has 0 bridgehead atoms. The van der Waals surface area contributed by atoms with Crippen molar-refractivity contribution in [3.05, 3.63) is 45.4 Å². The van der Waals surface area contributed by atoms with Crippen LogP contribution in [0.2, 0.25) is 0 Å². The second-order valence-corrected chi connectivity index (χ2v) is 7.63. The summed E-state index contributed by atoms with van der Waals surface area (Å²) in [5.74, 6) is -0.280. The highest BCUT2D eigenvalue weighted by Gasteiger charge is 2.15. The first-order valence-electron chi connectivity index (χ1n) is 8.47. The molecule has 26 heavy (non-hydrogen) atoms. The lowest BCUT2D eigenvalue weighted by Gasteiger charge is -2.15. The Kier molecular flexibility index (Phi) is 7.23. The Morgan fingerprint density at radius 1 is 1.19 bits per heavy atom. The van der Waals surface area contributed by atoms with Crippen molar-refractivity contribution in [2.24, 2.45) is 0 Å². The minimum atomic E-state index is -0.241. The summed E-state index contributed by atoms with van der Waals surface area (Å²) in [6.07, 6.45) is 0. The van der Waals surface area contributed by atoms with Gasteiger partial charge in [0.2, 0.25) is 10.9 Å². The summed E-state index contributed by atoms with van der Waals surface area (Å²) in [6, 6.07) is 8.10. The maximum atomic E-state index is 12.2. The molecule has 0 atom stereocenters. The van der Waals surface area contributed by atoms with E-state index in [-0.39, 0.29) is 24.4 Å². The second-order valence-electron chi connectivity index (χ2n) is 6.56. The van der Waals surface area contributed by atoms with Crippen molar-refractivity contribution in [3.63, 3.8) is 0 Å². The zero-order valence-corrected chi connectivity index (χ0v) is 16.4. The van der Waals surface area contributed by atoms with Crippen molar-refractivity contribution in [3.8, 4) is 0 Å². The van der Waals surface area contributed by atoms with Gasteiger partial charge >= 0.3 is 0 Å². The van der Waals surface area contributed by atoms with Crippen LogP contribution in [0.25, 0.3) is 0 Å². The van der Waals surface area contributed by atoms with Crippen LogP contribution in [0.5, 0.6) is 0 Å². The Bertz CT molecular complexity index is 742. The van der Waals surface area contributed by atoms with Crippen molar-refractivity contribution in [1.82, 2.24) is 25.7 Å². The van der Waals surface area contributed by atoms with Gasteiger partial charge in [0.25, 0.3) is 5.91 Å². The molecule has 2 rings (SSSR count). The molecule has 0 spiro atoms. The van der Waals surface area contributed by atoms with E-state index in [1.54, 1.807) is 0 Å². The Morgan fingerprint density at radius 3 is 2.54 bits per heavy atom. The summed E-state index contributed by atoms with van der Waals surface area (Å²) in [5, 5.41) is 14.7. The molecule has 0 unspecified atom stereocenters. The molecule has 1 aromatic heterocycles. The number of rotatable bonds is 8. The average Bonchev–Trinajstić information content (AvgIpc) is 3.01. The Balaban J connectivity index is 1.83. The minimum Gasteiger partial charge on any atom is -0.353 e. The number of amides is 2. The molecule has 0 fully saturated rings. The molecular formula is C18H25N5O2S. The number of hydrogen-bond donors (Lipinski definition) is 2. The molecule has 0 saturated heterocycles. The fourth-order valence-electron chi connectivity index (χ4n) is 2.27. The predicted octanol–water partition coefficient (Wildman–Crippen LogP) is 1.73. The maximum Gasteiger partial charge on any atom is 0.282 e. The normalized spacial score (nSPS) is 11.0. The lowest BCUT2D eigenvalue weighted by atomic mass is 10.1. The van der Waals surface area contributed by atoms with E-state index in [1.165, 1.54) is 16.9 Å². The number of likely N-dealkylation sites (N-methyl/N-ethyl adjacent to an activating group) is 1. The van der Waals surface area contributed by atoms with E-state index in [9.17, 15) is 9.59 Å². The highest BCUT2D eigenvalue weighted by atomic mass is 32.1. The van der Waals surface area contributed by atoms with Gasteiger partial charge in [0.15, 0.2) is 0 Å². The third-order valence-corrected chi connectivity index (χ3v) is 4.41. The van der Waals surface area contributed by atoms with Gasteiger partial charge in [-0.05, 0) is 33.4 Å². The summed E-state index contributed by atoms with van der Waals surface area (Å²) in [6.45, 7) is 7.05. The van der Waals surface area contributed by atoms with Gasteiger partial charge in [0, 0.05) is 12.6 Å². The maximum absolute atomic E-state index is 12.2. The number of nitrogens with one attached hydrogen (secondary N) is 2. The monoisotopic (exact) mass is 375 g/mol. The van der Waals surface area contributed by atoms with Crippen LogP contribution in [-0.4, -0.2) is 46.5 Å². The van der Waals surface area contributed by atoms with E-state index >= 15 is 0 Å². The Hall–Kier alpha value is -2.32. The first kappa shape index (κ1) is 20.0. The fourth-order valence-corrected chi connectivity index (χ4v) is 3.11. The van der Waals surface area contributed by atoms with Crippen LogP contribution in [0, 0.1) is 6.92 Å². The number of hydrogen-bond acceptors (Lipinski definition) is 6. The van der Waals surface area contributed by atoms with Gasteiger partial charge in [0.1, 0.15) is 5.01 Å². The van der Waals surface area contributed by atoms with Crippen molar-refractivity contribution in [1.29, 1.82) is 0 Å². The minimum absolute atomic E-state index is 0.0388. The molecule has 1 heterocycles. The lowest BCUT2D eigenvalue weighted by Crippen LogP contribution is -2.38. The number of aromatic nitrogens is 2. The number of nitrogens with zero attached hydrogens (tertiary/aromatic N) is 3. The molecule has 2 amide bonds. The smallest absolute Gasteiger partial charge is 0.282 e. The van der Waals surface area contributed by atoms with Crippen LogP contribution in [0.1, 0.15) is 39.8 Å². The third kappa shape index (κ3) is 6.53. The number of benzene rings is 1. The van der Waals surface area contributed by atoms with Crippen LogP contribution < -0.4 is 10.6 Å². The van der Waals surface area contributed by atoms with Crippen molar-refractivity contribution < 1.29 is 9.59 Å². The van der Waals surface area contributed by atoms with Gasteiger partial charge < -0.3 is 10.6 Å². The van der Waals surface area contributed by atoms with Crippen LogP contribution >= 0.6 is 11.3 Å². The fraction of sp³-hybridized carbons (Fsp3) is 0.444. The second kappa shape index (κ2) is 9.40. The Morgan fingerprint density at radius 2 is 1.88 bits per heavy atom. The van der Waals surface area contributed by atoms with E-state index in [0.29, 0.717) is 23.1 Å². The van der Waals surface area contributed by atoms with E-state index in [2.05, 4.69) is 20.8 Å². The molecule has 0 aliphatic carbocycles. The average molecular weight is 375 g/mol. The van der Waals surface area contributed by atoms with Crippen LogP contribution in [-0.2, 0) is 17.9 Å². The number of aryl methyl sites for hydroxylation is 1. The van der Waals surface area contributed by atoms with Gasteiger partial charge in [-0.25, -0.2) is 0 Å². The Labute approximate surface area is 157 Å². The summed E-state index contributed by atoms with van der Waals surface area (Å²) < 4.78 is 0. The quantitative estimate of drug-likeness (QED) is 0.734. The zero-order valence-electron chi connectivity index (χ0n) is 15.6. The van der Waals surface area contributed by atoms with Gasteiger partial charge in [-0.3, -0.25) is 14.5 Å². The predicted molar refractivity (Wildman–Crippen MR) is 102 cm³/mol. The third-order valence-electron chi connectivity index (χ3n) is 3.50. The van der Waals surface area contributed by atoms with Crippen LogP contribution in [0.15, 0.2) is 24.3 Å². The molecule has 2 aromatic rings. The SMILES string of the molecule is Cc1ccc(CNC(=O)c2nnc(CN(C)CC(=O)NC(C)C)s2)cc1. The van der Waals surface area contributed by atoms with E-state index in [0.717, 1.165) is 5.56 Å². The first-order valence-corrected chi connectivity index (χ1v) is 9.29. The molecule has 2 N–H and O–H groups in total. The highest BCUT2D eigenvalue weighted by Crippen LogP contribution is 2.12. The molecule has 8 heteroatoms. The highest BCUT2D eigenvalue weighted by molar-refractivity contribution is 7.13. The number of carbonyl (C=O) groups excluding carboxylic acids is 2. The summed E-state index contributed by atoms with van der Waals surface area (Å²) in [4.78, 5) is 25.8. The lowest BCUT2D eigenvalue weighted by molar-refractivity contribution is -0.122. The van der Waals surface area contributed by atoms with Crippen molar-refractivity contribution in [2.45, 2.75) is 39.9 Å². The summed E-state index contributed by atoms with van der Waals surface area (Å²) >= 11 is 1.24. The zero-order chi connectivity index (χ0) is 19.1. The van der Waals surface area contributed by atoms with Gasteiger partial charge in [-0.1, -0.05) is 41.2 Å². The van der Waals surface area contributed by atoms with Gasteiger partial charge in [-0.2, -0.15) is 0 Å². The molecular weight excluding hydrogens is 350 g/mol. The van der Waals surface area contributed by atoms with Crippen molar-refractivity contribution in [2.75, 3.05) is 13.6 Å².